The van der Waals surface area contributed by atoms with Gasteiger partial charge < -0.3 is 10.0 Å². The molecule has 1 N–H and O–H groups in total. The summed E-state index contributed by atoms with van der Waals surface area (Å²) in [5, 5.41) is 9.82. The van der Waals surface area contributed by atoms with Crippen LogP contribution in [0.4, 0.5) is 0 Å². The number of phenolic OH excluding ortho intramolecular Hbond substituents is 1. The average molecular weight is 262 g/mol. The standard InChI is InChI=1S/C15H22N2O2/c1-11(2)16-6-8-17(9-7-16)15(19)13-10-12(3)4-5-14(13)18/h4-5,10-11,18H,6-9H2,1-3H3. The van der Waals surface area contributed by atoms with E-state index < -0.39 is 0 Å². The molecular formula is C15H22N2O2. The maximum Gasteiger partial charge on any atom is 0.257 e. The Morgan fingerprint density at radius 2 is 1.84 bits per heavy atom. The van der Waals surface area contributed by atoms with Crippen molar-refractivity contribution in [1.82, 2.24) is 9.80 Å². The number of hydrogen-bond acceptors (Lipinski definition) is 3. The summed E-state index contributed by atoms with van der Waals surface area (Å²) in [6, 6.07) is 5.67. The van der Waals surface area contributed by atoms with Gasteiger partial charge in [-0.1, -0.05) is 11.6 Å². The van der Waals surface area contributed by atoms with Crippen molar-refractivity contribution in [3.63, 3.8) is 0 Å². The highest BCUT2D eigenvalue weighted by Gasteiger charge is 2.24. The quantitative estimate of drug-likeness (QED) is 0.885. The van der Waals surface area contributed by atoms with E-state index in [0.29, 0.717) is 11.6 Å². The zero-order chi connectivity index (χ0) is 14.0. The van der Waals surface area contributed by atoms with Gasteiger partial charge in [-0.2, -0.15) is 0 Å². The summed E-state index contributed by atoms with van der Waals surface area (Å²) in [5.41, 5.74) is 1.40. The molecule has 0 radical (unpaired) electrons. The number of carbonyl (C=O) groups excluding carboxylic acids is 1. The molecule has 0 aromatic heterocycles. The molecule has 1 aromatic rings. The molecule has 1 saturated heterocycles. The van der Waals surface area contributed by atoms with E-state index in [9.17, 15) is 9.90 Å². The number of carbonyl (C=O) groups is 1. The normalized spacial score (nSPS) is 16.9. The third-order valence-corrected chi connectivity index (χ3v) is 3.71. The third kappa shape index (κ3) is 3.07. The number of phenols is 1. The maximum atomic E-state index is 12.4. The molecule has 19 heavy (non-hydrogen) atoms. The van der Waals surface area contributed by atoms with Crippen LogP contribution in [-0.4, -0.2) is 53.0 Å². The molecule has 1 heterocycles. The summed E-state index contributed by atoms with van der Waals surface area (Å²) >= 11 is 0. The second kappa shape index (κ2) is 5.61. The molecule has 0 aliphatic carbocycles. The van der Waals surface area contributed by atoms with Gasteiger partial charge in [0.2, 0.25) is 0 Å². The van der Waals surface area contributed by atoms with Gasteiger partial charge in [0.25, 0.3) is 5.91 Å². The van der Waals surface area contributed by atoms with Gasteiger partial charge in [0, 0.05) is 32.2 Å². The van der Waals surface area contributed by atoms with Crippen molar-refractivity contribution < 1.29 is 9.90 Å². The lowest BCUT2D eigenvalue weighted by atomic mass is 10.1. The van der Waals surface area contributed by atoms with Crippen molar-refractivity contribution in [3.8, 4) is 5.75 Å². The fraction of sp³-hybridized carbons (Fsp3) is 0.533. The Morgan fingerprint density at radius 1 is 1.21 bits per heavy atom. The number of piperazine rings is 1. The van der Waals surface area contributed by atoms with Crippen molar-refractivity contribution in [2.24, 2.45) is 0 Å². The average Bonchev–Trinajstić information content (AvgIpc) is 2.41. The predicted octanol–water partition coefficient (Wildman–Crippen LogP) is 1.87. The Hall–Kier alpha value is -1.55. The van der Waals surface area contributed by atoms with Crippen LogP contribution in [0.3, 0.4) is 0 Å². The minimum atomic E-state index is -0.0652. The van der Waals surface area contributed by atoms with Gasteiger partial charge in [0.1, 0.15) is 5.75 Å². The van der Waals surface area contributed by atoms with Gasteiger partial charge in [0.15, 0.2) is 0 Å². The number of aryl methyl sites for hydroxylation is 1. The molecule has 0 bridgehead atoms. The van der Waals surface area contributed by atoms with Crippen LogP contribution in [0.5, 0.6) is 5.75 Å². The lowest BCUT2D eigenvalue weighted by Crippen LogP contribution is -2.50. The van der Waals surface area contributed by atoms with E-state index in [0.717, 1.165) is 31.7 Å². The number of rotatable bonds is 2. The molecule has 1 aliphatic heterocycles. The predicted molar refractivity (Wildman–Crippen MR) is 75.5 cm³/mol. The second-order valence-electron chi connectivity index (χ2n) is 5.44. The summed E-state index contributed by atoms with van der Waals surface area (Å²) < 4.78 is 0. The molecule has 2 rings (SSSR count). The number of benzene rings is 1. The van der Waals surface area contributed by atoms with Crippen LogP contribution in [0, 0.1) is 6.92 Å². The summed E-state index contributed by atoms with van der Waals surface area (Å²) in [5.74, 6) is 0.00601. The van der Waals surface area contributed by atoms with Gasteiger partial charge in [-0.3, -0.25) is 9.69 Å². The number of nitrogens with zero attached hydrogens (tertiary/aromatic N) is 2. The SMILES string of the molecule is Cc1ccc(O)c(C(=O)N2CCN(C(C)C)CC2)c1. The molecule has 1 aliphatic rings. The van der Waals surface area contributed by atoms with Gasteiger partial charge >= 0.3 is 0 Å². The van der Waals surface area contributed by atoms with Crippen molar-refractivity contribution in [2.45, 2.75) is 26.8 Å². The number of aromatic hydroxyl groups is 1. The van der Waals surface area contributed by atoms with E-state index >= 15 is 0 Å². The molecule has 1 amide bonds. The first-order chi connectivity index (χ1) is 8.99. The second-order valence-corrected chi connectivity index (χ2v) is 5.44. The van der Waals surface area contributed by atoms with Crippen molar-refractivity contribution in [1.29, 1.82) is 0 Å². The monoisotopic (exact) mass is 262 g/mol. The molecular weight excluding hydrogens is 240 g/mol. The van der Waals surface area contributed by atoms with Gasteiger partial charge in [0.05, 0.1) is 5.56 Å². The summed E-state index contributed by atoms with van der Waals surface area (Å²) in [7, 11) is 0. The van der Waals surface area contributed by atoms with E-state index in [-0.39, 0.29) is 11.7 Å². The highest BCUT2D eigenvalue weighted by Crippen LogP contribution is 2.21. The minimum Gasteiger partial charge on any atom is -0.507 e. The van der Waals surface area contributed by atoms with Crippen molar-refractivity contribution in [2.75, 3.05) is 26.2 Å². The van der Waals surface area contributed by atoms with E-state index in [4.69, 9.17) is 0 Å². The Bertz CT molecular complexity index is 463. The Kier molecular flexibility index (Phi) is 4.10. The topological polar surface area (TPSA) is 43.8 Å². The van der Waals surface area contributed by atoms with E-state index in [1.807, 2.05) is 17.9 Å². The van der Waals surface area contributed by atoms with E-state index in [2.05, 4.69) is 18.7 Å². The molecule has 1 fully saturated rings. The van der Waals surface area contributed by atoms with Crippen LogP contribution >= 0.6 is 0 Å². The summed E-state index contributed by atoms with van der Waals surface area (Å²) in [6.45, 7) is 9.52. The van der Waals surface area contributed by atoms with E-state index in [1.165, 1.54) is 0 Å². The van der Waals surface area contributed by atoms with Gasteiger partial charge in [-0.05, 0) is 32.9 Å². The molecule has 0 spiro atoms. The first-order valence-electron chi connectivity index (χ1n) is 6.82. The molecule has 0 saturated carbocycles. The first-order valence-corrected chi connectivity index (χ1v) is 6.82. The maximum absolute atomic E-state index is 12.4. The fourth-order valence-corrected chi connectivity index (χ4v) is 2.43. The Labute approximate surface area is 114 Å². The minimum absolute atomic E-state index is 0.0652. The summed E-state index contributed by atoms with van der Waals surface area (Å²) in [6.07, 6.45) is 0. The highest BCUT2D eigenvalue weighted by atomic mass is 16.3. The molecule has 104 valence electrons. The zero-order valence-corrected chi connectivity index (χ0v) is 11.9. The van der Waals surface area contributed by atoms with Crippen LogP contribution in [0.1, 0.15) is 29.8 Å². The zero-order valence-electron chi connectivity index (χ0n) is 11.9. The van der Waals surface area contributed by atoms with Crippen LogP contribution in [0.25, 0.3) is 0 Å². The van der Waals surface area contributed by atoms with Crippen LogP contribution < -0.4 is 0 Å². The van der Waals surface area contributed by atoms with Crippen LogP contribution in [-0.2, 0) is 0 Å². The molecule has 0 unspecified atom stereocenters. The Balaban J connectivity index is 2.07. The largest absolute Gasteiger partial charge is 0.507 e. The molecule has 0 atom stereocenters. The number of hydrogen-bond donors (Lipinski definition) is 1. The first kappa shape index (κ1) is 13.9. The van der Waals surface area contributed by atoms with Crippen LogP contribution in [0.2, 0.25) is 0 Å². The lowest BCUT2D eigenvalue weighted by molar-refractivity contribution is 0.0592. The van der Waals surface area contributed by atoms with E-state index in [1.54, 1.807) is 12.1 Å². The van der Waals surface area contributed by atoms with Crippen molar-refractivity contribution in [3.05, 3.63) is 29.3 Å². The van der Waals surface area contributed by atoms with Gasteiger partial charge in [-0.15, -0.1) is 0 Å². The molecule has 4 heteroatoms. The third-order valence-electron chi connectivity index (χ3n) is 3.71. The lowest BCUT2D eigenvalue weighted by Gasteiger charge is -2.37. The fourth-order valence-electron chi connectivity index (χ4n) is 2.43. The smallest absolute Gasteiger partial charge is 0.257 e. The molecule has 1 aromatic carbocycles. The van der Waals surface area contributed by atoms with Crippen molar-refractivity contribution >= 4 is 5.91 Å². The van der Waals surface area contributed by atoms with Gasteiger partial charge in [-0.25, -0.2) is 0 Å². The molecule has 4 nitrogen and oxygen atoms in total. The summed E-state index contributed by atoms with van der Waals surface area (Å²) in [4.78, 5) is 16.6. The number of amides is 1. The highest BCUT2D eigenvalue weighted by molar-refractivity contribution is 5.97. The Morgan fingerprint density at radius 3 is 2.42 bits per heavy atom. The van der Waals surface area contributed by atoms with Crippen LogP contribution in [0.15, 0.2) is 18.2 Å².